The highest BCUT2D eigenvalue weighted by molar-refractivity contribution is 5.88. The molecule has 0 bridgehead atoms. The fourth-order valence-corrected chi connectivity index (χ4v) is 4.00. The number of nitrogens with one attached hydrogen (secondary N) is 2. The third-order valence-corrected chi connectivity index (χ3v) is 6.22. The lowest BCUT2D eigenvalue weighted by molar-refractivity contribution is -0.127. The lowest BCUT2D eigenvalue weighted by Gasteiger charge is -2.34. The predicted molar refractivity (Wildman–Crippen MR) is 99.5 cm³/mol. The molecule has 1 heterocycles. The molecular weight excluding hydrogens is 366 g/mol. The van der Waals surface area contributed by atoms with E-state index < -0.39 is 35.9 Å². The topological polar surface area (TPSA) is 85.2 Å². The van der Waals surface area contributed by atoms with Crippen LogP contribution in [0.4, 0.5) is 13.6 Å². The lowest BCUT2D eigenvalue weighted by atomic mass is 9.94. The van der Waals surface area contributed by atoms with E-state index >= 15 is 0 Å². The van der Waals surface area contributed by atoms with E-state index in [1.54, 1.807) is 18.7 Å². The first-order valence-corrected chi connectivity index (χ1v) is 10.2. The molecule has 0 radical (unpaired) electrons. The molecule has 28 heavy (non-hydrogen) atoms. The van der Waals surface area contributed by atoms with Crippen molar-refractivity contribution in [3.05, 3.63) is 0 Å². The van der Waals surface area contributed by atoms with Gasteiger partial charge in [-0.25, -0.2) is 13.6 Å². The molecule has 8 heteroatoms. The molecular formula is C20H30F2N4O2. The van der Waals surface area contributed by atoms with Gasteiger partial charge in [-0.2, -0.15) is 5.26 Å². The molecule has 1 unspecified atom stereocenters. The average Bonchev–Trinajstić information content (AvgIpc) is 3.52. The minimum atomic E-state index is -3.08. The standard InChI is InChI=1S/C20H30F2N4O2/c1-14(2)11-20(21,22)12-15(16(27)25-19(13-23)5-6-19)24-17(28)26-9-7-18(3-4-18)8-10-26/h14-15H,3-12H2,1-2H3,(H,24,28)(H,25,27). The van der Waals surface area contributed by atoms with Crippen molar-refractivity contribution in [2.45, 2.75) is 82.7 Å². The number of nitriles is 1. The third kappa shape index (κ3) is 5.12. The Morgan fingerprint density at radius 2 is 1.71 bits per heavy atom. The number of amides is 3. The molecule has 1 spiro atoms. The number of nitrogens with zero attached hydrogens (tertiary/aromatic N) is 2. The highest BCUT2D eigenvalue weighted by atomic mass is 19.3. The molecule has 3 rings (SSSR count). The molecule has 2 N–H and O–H groups in total. The highest BCUT2D eigenvalue weighted by Gasteiger charge is 2.48. The van der Waals surface area contributed by atoms with Gasteiger partial charge in [0.25, 0.3) is 5.92 Å². The fourth-order valence-electron chi connectivity index (χ4n) is 4.00. The Labute approximate surface area is 165 Å². The largest absolute Gasteiger partial charge is 0.336 e. The molecule has 3 fully saturated rings. The summed E-state index contributed by atoms with van der Waals surface area (Å²) < 4.78 is 28.8. The van der Waals surface area contributed by atoms with Gasteiger partial charge in [0.2, 0.25) is 5.91 Å². The maximum absolute atomic E-state index is 14.4. The SMILES string of the molecule is CC(C)CC(F)(F)CC(NC(=O)N1CCC2(CC1)CC2)C(=O)NC1(C#N)CC1. The number of likely N-dealkylation sites (tertiary alicyclic amines) is 1. The van der Waals surface area contributed by atoms with Gasteiger partial charge in [-0.1, -0.05) is 13.8 Å². The molecule has 6 nitrogen and oxygen atoms in total. The molecule has 0 aromatic heterocycles. The van der Waals surface area contributed by atoms with Gasteiger partial charge in [0.15, 0.2) is 0 Å². The Hall–Kier alpha value is -1.91. The van der Waals surface area contributed by atoms with Crippen LogP contribution < -0.4 is 10.6 Å². The van der Waals surface area contributed by atoms with Crippen molar-refractivity contribution in [3.8, 4) is 6.07 Å². The summed E-state index contributed by atoms with van der Waals surface area (Å²) in [6.45, 7) is 4.56. The molecule has 1 atom stereocenters. The van der Waals surface area contributed by atoms with Crippen LogP contribution in [-0.2, 0) is 4.79 Å². The smallest absolute Gasteiger partial charge is 0.318 e. The van der Waals surface area contributed by atoms with Gasteiger partial charge >= 0.3 is 6.03 Å². The molecule has 0 aromatic carbocycles. The summed E-state index contributed by atoms with van der Waals surface area (Å²) in [7, 11) is 0. The van der Waals surface area contributed by atoms with Gasteiger partial charge in [0.1, 0.15) is 11.6 Å². The Balaban J connectivity index is 1.63. The Bertz CT molecular complexity index is 656. The van der Waals surface area contributed by atoms with Crippen LogP contribution in [0.25, 0.3) is 0 Å². The summed E-state index contributed by atoms with van der Waals surface area (Å²) in [6.07, 6.45) is 4.15. The summed E-state index contributed by atoms with van der Waals surface area (Å²) in [6, 6.07) is 0.192. The van der Waals surface area contributed by atoms with Gasteiger partial charge < -0.3 is 15.5 Å². The van der Waals surface area contributed by atoms with Crippen molar-refractivity contribution in [2.75, 3.05) is 13.1 Å². The first-order valence-electron chi connectivity index (χ1n) is 10.2. The second-order valence-corrected chi connectivity index (χ2v) is 9.33. The first kappa shape index (κ1) is 20.8. The normalized spacial score (nSPS) is 23.1. The van der Waals surface area contributed by atoms with E-state index in [2.05, 4.69) is 10.6 Å². The summed E-state index contributed by atoms with van der Waals surface area (Å²) in [4.78, 5) is 26.9. The molecule has 0 aromatic rings. The summed E-state index contributed by atoms with van der Waals surface area (Å²) in [5.74, 6) is -4.01. The van der Waals surface area contributed by atoms with Crippen LogP contribution >= 0.6 is 0 Å². The Morgan fingerprint density at radius 3 is 2.18 bits per heavy atom. The van der Waals surface area contributed by atoms with Gasteiger partial charge in [0.05, 0.1) is 6.07 Å². The van der Waals surface area contributed by atoms with Crippen LogP contribution in [0.5, 0.6) is 0 Å². The van der Waals surface area contributed by atoms with Gasteiger partial charge in [-0.3, -0.25) is 4.79 Å². The highest BCUT2D eigenvalue weighted by Crippen LogP contribution is 2.53. The maximum Gasteiger partial charge on any atom is 0.318 e. The number of alkyl halides is 2. The number of carbonyl (C=O) groups is 2. The maximum atomic E-state index is 14.4. The Kier molecular flexibility index (Phi) is 5.57. The number of rotatable bonds is 7. The number of carbonyl (C=O) groups excluding carboxylic acids is 2. The van der Waals surface area contributed by atoms with Crippen molar-refractivity contribution >= 4 is 11.9 Å². The number of hydrogen-bond donors (Lipinski definition) is 2. The van der Waals surface area contributed by atoms with Crippen molar-refractivity contribution in [1.29, 1.82) is 5.26 Å². The van der Waals surface area contributed by atoms with E-state index in [9.17, 15) is 23.6 Å². The van der Waals surface area contributed by atoms with Crippen LogP contribution in [-0.4, -0.2) is 47.4 Å². The molecule has 3 amide bonds. The fraction of sp³-hybridized carbons (Fsp3) is 0.850. The summed E-state index contributed by atoms with van der Waals surface area (Å²) in [5, 5.41) is 14.3. The van der Waals surface area contributed by atoms with Crippen LogP contribution in [0.15, 0.2) is 0 Å². The van der Waals surface area contributed by atoms with Crippen LogP contribution in [0.1, 0.15) is 65.2 Å². The van der Waals surface area contributed by atoms with Crippen molar-refractivity contribution in [3.63, 3.8) is 0 Å². The monoisotopic (exact) mass is 396 g/mol. The van der Waals surface area contributed by atoms with Gasteiger partial charge in [0, 0.05) is 25.9 Å². The van der Waals surface area contributed by atoms with E-state index in [1.807, 2.05) is 6.07 Å². The molecule has 1 aliphatic heterocycles. The molecule has 2 saturated carbocycles. The quantitative estimate of drug-likeness (QED) is 0.693. The van der Waals surface area contributed by atoms with Crippen LogP contribution in [0.3, 0.4) is 0 Å². The van der Waals surface area contributed by atoms with E-state index in [4.69, 9.17) is 0 Å². The zero-order valence-corrected chi connectivity index (χ0v) is 16.7. The lowest BCUT2D eigenvalue weighted by Crippen LogP contribution is -2.56. The predicted octanol–water partition coefficient (Wildman–Crippen LogP) is 3.18. The summed E-state index contributed by atoms with van der Waals surface area (Å²) in [5.41, 5.74) is -0.570. The summed E-state index contributed by atoms with van der Waals surface area (Å²) >= 11 is 0. The van der Waals surface area contributed by atoms with Gasteiger partial charge in [-0.15, -0.1) is 0 Å². The van der Waals surface area contributed by atoms with Gasteiger partial charge in [-0.05, 0) is 49.9 Å². The molecule has 1 saturated heterocycles. The second-order valence-electron chi connectivity index (χ2n) is 9.33. The number of hydrogen-bond acceptors (Lipinski definition) is 3. The molecule has 156 valence electrons. The zero-order chi connectivity index (χ0) is 20.6. The Morgan fingerprint density at radius 1 is 1.11 bits per heavy atom. The van der Waals surface area contributed by atoms with Crippen molar-refractivity contribution in [2.24, 2.45) is 11.3 Å². The minimum absolute atomic E-state index is 0.236. The first-order chi connectivity index (χ1) is 13.1. The van der Waals surface area contributed by atoms with E-state index in [0.29, 0.717) is 31.3 Å². The average molecular weight is 396 g/mol. The number of urea groups is 1. The van der Waals surface area contributed by atoms with E-state index in [0.717, 1.165) is 12.8 Å². The second kappa shape index (κ2) is 7.49. The van der Waals surface area contributed by atoms with E-state index in [1.165, 1.54) is 12.8 Å². The van der Waals surface area contributed by atoms with Crippen LogP contribution in [0.2, 0.25) is 0 Å². The minimum Gasteiger partial charge on any atom is -0.336 e. The molecule has 3 aliphatic rings. The van der Waals surface area contributed by atoms with Crippen LogP contribution in [0, 0.1) is 22.7 Å². The van der Waals surface area contributed by atoms with Crippen molar-refractivity contribution in [1.82, 2.24) is 15.5 Å². The molecule has 2 aliphatic carbocycles. The third-order valence-electron chi connectivity index (χ3n) is 6.22. The zero-order valence-electron chi connectivity index (χ0n) is 16.7. The number of halogens is 2. The van der Waals surface area contributed by atoms with E-state index in [-0.39, 0.29) is 12.3 Å². The van der Waals surface area contributed by atoms with Crippen molar-refractivity contribution < 1.29 is 18.4 Å². The number of piperidine rings is 1.